The minimum Gasteiger partial charge on any atom is -0.298 e. The molecule has 5 aromatic rings. The number of halogens is 2. The second-order valence-corrected chi connectivity index (χ2v) is 7.31. The van der Waals surface area contributed by atoms with Crippen molar-refractivity contribution in [1.29, 1.82) is 0 Å². The van der Waals surface area contributed by atoms with Crippen LogP contribution in [0.25, 0.3) is 28.3 Å². The van der Waals surface area contributed by atoms with E-state index < -0.39 is 11.2 Å². The maximum atomic E-state index is 13.4. The number of benzene rings is 2. The summed E-state index contributed by atoms with van der Waals surface area (Å²) in [4.78, 5) is 27.4. The highest BCUT2D eigenvalue weighted by Gasteiger charge is 2.23. The molecule has 8 nitrogen and oxygen atoms in total. The third-order valence-corrected chi connectivity index (χ3v) is 5.25. The van der Waals surface area contributed by atoms with Crippen molar-refractivity contribution in [2.24, 2.45) is 7.05 Å². The lowest BCUT2D eigenvalue weighted by Gasteiger charge is -2.05. The van der Waals surface area contributed by atoms with Gasteiger partial charge in [0, 0.05) is 17.6 Å². The molecule has 30 heavy (non-hydrogen) atoms. The summed E-state index contributed by atoms with van der Waals surface area (Å²) in [5.41, 5.74) is 1.02. The fourth-order valence-corrected chi connectivity index (χ4v) is 3.68. The number of aromatic amines is 1. The van der Waals surface area contributed by atoms with Crippen LogP contribution in [0.2, 0.25) is 5.02 Å². The van der Waals surface area contributed by atoms with Crippen molar-refractivity contribution in [2.45, 2.75) is 6.54 Å². The van der Waals surface area contributed by atoms with E-state index in [9.17, 15) is 14.0 Å². The molecule has 0 saturated heterocycles. The van der Waals surface area contributed by atoms with Gasteiger partial charge in [-0.1, -0.05) is 23.7 Å². The van der Waals surface area contributed by atoms with Gasteiger partial charge in [0.1, 0.15) is 5.82 Å². The Bertz CT molecular complexity index is 1530. The molecule has 0 aliphatic carbocycles. The number of aryl methyl sites for hydroxylation is 1. The molecule has 5 rings (SSSR count). The first-order valence-electron chi connectivity index (χ1n) is 9.01. The van der Waals surface area contributed by atoms with E-state index in [0.717, 1.165) is 5.56 Å². The third-order valence-electron chi connectivity index (χ3n) is 5.00. The van der Waals surface area contributed by atoms with Gasteiger partial charge in [-0.25, -0.2) is 13.6 Å². The second kappa shape index (κ2) is 6.67. The summed E-state index contributed by atoms with van der Waals surface area (Å²) in [6, 6.07) is 13.0. The Morgan fingerprint density at radius 3 is 2.43 bits per heavy atom. The van der Waals surface area contributed by atoms with Crippen molar-refractivity contribution < 1.29 is 4.39 Å². The average Bonchev–Trinajstić information content (AvgIpc) is 3.28. The topological polar surface area (TPSA) is 90.0 Å². The van der Waals surface area contributed by atoms with Crippen LogP contribution in [0.5, 0.6) is 0 Å². The van der Waals surface area contributed by atoms with E-state index in [4.69, 9.17) is 11.6 Å². The second-order valence-electron chi connectivity index (χ2n) is 6.87. The van der Waals surface area contributed by atoms with E-state index in [0.29, 0.717) is 34.4 Å². The minimum absolute atomic E-state index is 0.278. The van der Waals surface area contributed by atoms with Crippen molar-refractivity contribution in [3.63, 3.8) is 0 Å². The number of H-pyrrole nitrogens is 1. The average molecular weight is 425 g/mol. The number of nitrogens with zero attached hydrogens (tertiary/aromatic N) is 5. The maximum Gasteiger partial charge on any atom is 0.329 e. The number of aromatic nitrogens is 6. The molecule has 1 N–H and O–H groups in total. The van der Waals surface area contributed by atoms with Crippen molar-refractivity contribution >= 4 is 28.5 Å². The van der Waals surface area contributed by atoms with Crippen molar-refractivity contribution in [3.05, 3.63) is 85.8 Å². The Morgan fingerprint density at radius 2 is 1.73 bits per heavy atom. The minimum atomic E-state index is -0.559. The molecular weight excluding hydrogens is 411 g/mol. The van der Waals surface area contributed by atoms with Gasteiger partial charge < -0.3 is 0 Å². The number of nitrogens with one attached hydrogen (secondary N) is 1. The van der Waals surface area contributed by atoms with Gasteiger partial charge in [0.15, 0.2) is 17.0 Å². The molecule has 0 aliphatic heterocycles. The summed E-state index contributed by atoms with van der Waals surface area (Å²) in [5, 5.41) is 9.11. The molecular formula is C20H14ClFN6O2. The van der Waals surface area contributed by atoms with Gasteiger partial charge in [-0.2, -0.15) is 0 Å². The van der Waals surface area contributed by atoms with Crippen LogP contribution in [0.3, 0.4) is 0 Å². The van der Waals surface area contributed by atoms with Gasteiger partial charge in [-0.15, -0.1) is 10.2 Å². The summed E-state index contributed by atoms with van der Waals surface area (Å²) in [7, 11) is 1.56. The molecule has 0 spiro atoms. The maximum absolute atomic E-state index is 13.4. The molecule has 0 fully saturated rings. The number of hydrogen-bond acceptors (Lipinski definition) is 4. The van der Waals surface area contributed by atoms with Crippen molar-refractivity contribution in [3.8, 4) is 11.4 Å². The summed E-state index contributed by atoms with van der Waals surface area (Å²) < 4.78 is 18.0. The van der Waals surface area contributed by atoms with E-state index in [1.54, 1.807) is 40.3 Å². The van der Waals surface area contributed by atoms with Crippen LogP contribution in [-0.2, 0) is 13.6 Å². The van der Waals surface area contributed by atoms with Crippen LogP contribution in [-0.4, -0.2) is 28.7 Å². The molecule has 0 amide bonds. The summed E-state index contributed by atoms with van der Waals surface area (Å²) in [6.07, 6.45) is 0. The largest absolute Gasteiger partial charge is 0.329 e. The van der Waals surface area contributed by atoms with E-state index in [1.165, 1.54) is 16.7 Å². The molecule has 150 valence electrons. The molecule has 3 heterocycles. The fourth-order valence-electron chi connectivity index (χ4n) is 3.55. The molecule has 0 aliphatic rings. The van der Waals surface area contributed by atoms with Crippen LogP contribution >= 0.6 is 11.6 Å². The van der Waals surface area contributed by atoms with Gasteiger partial charge in [-0.05, 0) is 42.0 Å². The van der Waals surface area contributed by atoms with Gasteiger partial charge in [0.2, 0.25) is 5.78 Å². The van der Waals surface area contributed by atoms with Gasteiger partial charge in [0.25, 0.3) is 5.56 Å². The zero-order chi connectivity index (χ0) is 21.0. The first kappa shape index (κ1) is 18.3. The molecule has 0 radical (unpaired) electrons. The molecule has 0 unspecified atom stereocenters. The predicted octanol–water partition coefficient (Wildman–Crippen LogP) is 2.58. The van der Waals surface area contributed by atoms with Crippen LogP contribution in [0.15, 0.2) is 58.1 Å². The molecule has 10 heteroatoms. The Labute approximate surface area is 172 Å². The van der Waals surface area contributed by atoms with E-state index in [2.05, 4.69) is 15.2 Å². The van der Waals surface area contributed by atoms with Gasteiger partial charge >= 0.3 is 5.69 Å². The molecule has 0 saturated carbocycles. The van der Waals surface area contributed by atoms with Gasteiger partial charge in [-0.3, -0.25) is 18.9 Å². The summed E-state index contributed by atoms with van der Waals surface area (Å²) in [5.74, 6) is 0.393. The molecule has 0 bridgehead atoms. The third kappa shape index (κ3) is 2.74. The lowest BCUT2D eigenvalue weighted by Crippen LogP contribution is -2.29. The Kier molecular flexibility index (Phi) is 4.07. The van der Waals surface area contributed by atoms with Crippen LogP contribution in [0.1, 0.15) is 5.56 Å². The molecule has 2 aromatic carbocycles. The standard InChI is InChI=1S/C20H14ClFN6O2/c1-26-18-15(17(29)23-20(26)30)27(10-11-2-6-13(21)7-3-11)19-25-24-16(28(18)19)12-4-8-14(22)9-5-12/h2-9H,10H2,1H3,(H,23,29,30). The molecule has 3 aromatic heterocycles. The van der Waals surface area contributed by atoms with Crippen LogP contribution in [0, 0.1) is 5.82 Å². The summed E-state index contributed by atoms with van der Waals surface area (Å²) >= 11 is 5.98. The smallest absolute Gasteiger partial charge is 0.298 e. The highest BCUT2D eigenvalue weighted by molar-refractivity contribution is 6.30. The van der Waals surface area contributed by atoms with Crippen molar-refractivity contribution in [1.82, 2.24) is 28.7 Å². The number of imidazole rings is 1. The van der Waals surface area contributed by atoms with E-state index in [-0.39, 0.29) is 11.3 Å². The van der Waals surface area contributed by atoms with Gasteiger partial charge in [0.05, 0.1) is 6.54 Å². The van der Waals surface area contributed by atoms with Crippen LogP contribution < -0.4 is 11.2 Å². The SMILES string of the molecule is Cn1c(=O)[nH]c(=O)c2c1n1c(-c3ccc(F)cc3)nnc1n2Cc1ccc(Cl)cc1. The number of fused-ring (bicyclic) bond motifs is 3. The normalized spacial score (nSPS) is 11.6. The number of rotatable bonds is 3. The predicted molar refractivity (Wildman–Crippen MR) is 110 cm³/mol. The Hall–Kier alpha value is -3.72. The van der Waals surface area contributed by atoms with E-state index in [1.807, 2.05) is 12.1 Å². The zero-order valence-electron chi connectivity index (χ0n) is 15.6. The Morgan fingerprint density at radius 1 is 1.03 bits per heavy atom. The summed E-state index contributed by atoms with van der Waals surface area (Å²) in [6.45, 7) is 0.313. The highest BCUT2D eigenvalue weighted by atomic mass is 35.5. The monoisotopic (exact) mass is 424 g/mol. The first-order chi connectivity index (χ1) is 14.4. The van der Waals surface area contributed by atoms with E-state index >= 15 is 0 Å². The van der Waals surface area contributed by atoms with Crippen LogP contribution in [0.4, 0.5) is 4.39 Å². The Balaban J connectivity index is 1.86. The fraction of sp³-hybridized carbons (Fsp3) is 0.100. The first-order valence-corrected chi connectivity index (χ1v) is 9.39. The highest BCUT2D eigenvalue weighted by Crippen LogP contribution is 2.25. The van der Waals surface area contributed by atoms with Crippen molar-refractivity contribution in [2.75, 3.05) is 0 Å². The zero-order valence-corrected chi connectivity index (χ0v) is 16.4. The number of hydrogen-bond donors (Lipinski definition) is 1. The lowest BCUT2D eigenvalue weighted by atomic mass is 10.2. The quantitative estimate of drug-likeness (QED) is 0.482. The molecule has 0 atom stereocenters. The lowest BCUT2D eigenvalue weighted by molar-refractivity contribution is 0.628.